The van der Waals surface area contributed by atoms with Gasteiger partial charge in [0.2, 0.25) is 0 Å². The van der Waals surface area contributed by atoms with Crippen molar-refractivity contribution in [1.82, 2.24) is 19.9 Å². The third kappa shape index (κ3) is 4.26. The summed E-state index contributed by atoms with van der Waals surface area (Å²) in [5, 5.41) is 3.38. The summed E-state index contributed by atoms with van der Waals surface area (Å²) in [5.41, 5.74) is 2.43. The van der Waals surface area contributed by atoms with Gasteiger partial charge in [0.1, 0.15) is 29.2 Å². The molecular formula is C25H18FN5O3. The normalized spacial score (nSPS) is 10.8. The van der Waals surface area contributed by atoms with Crippen molar-refractivity contribution in [2.75, 3.05) is 12.4 Å². The molecule has 0 saturated heterocycles. The van der Waals surface area contributed by atoms with Crippen LogP contribution >= 0.6 is 0 Å². The van der Waals surface area contributed by atoms with Gasteiger partial charge in [0.25, 0.3) is 5.91 Å². The lowest BCUT2D eigenvalue weighted by Gasteiger charge is -2.10. The molecule has 2 aromatic carbocycles. The molecule has 0 radical (unpaired) electrons. The Bertz CT molecular complexity index is 1480. The van der Waals surface area contributed by atoms with Crippen molar-refractivity contribution in [3.63, 3.8) is 0 Å². The van der Waals surface area contributed by atoms with E-state index in [4.69, 9.17) is 9.47 Å². The van der Waals surface area contributed by atoms with Crippen molar-refractivity contribution in [1.29, 1.82) is 0 Å². The number of aromatic amines is 1. The lowest BCUT2D eigenvalue weighted by molar-refractivity contribution is 0.102. The van der Waals surface area contributed by atoms with E-state index in [1.807, 2.05) is 12.1 Å². The first kappa shape index (κ1) is 21.1. The Labute approximate surface area is 193 Å². The van der Waals surface area contributed by atoms with Gasteiger partial charge in [0, 0.05) is 29.7 Å². The van der Waals surface area contributed by atoms with Gasteiger partial charge in [-0.25, -0.2) is 19.3 Å². The van der Waals surface area contributed by atoms with Crippen LogP contribution in [0.15, 0.2) is 79.4 Å². The zero-order chi connectivity index (χ0) is 23.5. The molecule has 0 spiro atoms. The molecule has 0 aliphatic carbocycles. The molecule has 0 aliphatic heterocycles. The number of rotatable bonds is 6. The number of pyridine rings is 1. The Hall–Kier alpha value is -4.79. The van der Waals surface area contributed by atoms with Crippen molar-refractivity contribution in [3.05, 3.63) is 90.9 Å². The zero-order valence-corrected chi connectivity index (χ0v) is 17.9. The third-order valence-corrected chi connectivity index (χ3v) is 5.12. The molecule has 168 valence electrons. The topological polar surface area (TPSA) is 102 Å². The number of carbonyl (C=O) groups is 1. The van der Waals surface area contributed by atoms with Crippen molar-refractivity contribution >= 4 is 22.6 Å². The van der Waals surface area contributed by atoms with Crippen LogP contribution in [0.25, 0.3) is 22.3 Å². The monoisotopic (exact) mass is 455 g/mol. The summed E-state index contributed by atoms with van der Waals surface area (Å²) in [5.74, 6) is 0.0875. The Morgan fingerprint density at radius 3 is 2.62 bits per heavy atom. The van der Waals surface area contributed by atoms with Crippen LogP contribution in [0.3, 0.4) is 0 Å². The Morgan fingerprint density at radius 1 is 0.971 bits per heavy atom. The molecule has 2 N–H and O–H groups in total. The standard InChI is InChI=1S/C25H18FN5O3/c1-33-17-5-2-15(3-6-17)20-13-21(30-14-29-20)25(32)31-16-4-7-23(19(26)12-16)34-22-9-11-28-24-18(22)8-10-27-24/h2-14H,1H3,(H,27,28)(H,31,32). The molecule has 0 bridgehead atoms. The second kappa shape index (κ2) is 8.99. The molecule has 5 aromatic rings. The minimum atomic E-state index is -0.625. The number of hydrogen-bond acceptors (Lipinski definition) is 6. The molecule has 34 heavy (non-hydrogen) atoms. The van der Waals surface area contributed by atoms with Crippen LogP contribution in [-0.4, -0.2) is 33.0 Å². The van der Waals surface area contributed by atoms with Crippen LogP contribution in [0.2, 0.25) is 0 Å². The summed E-state index contributed by atoms with van der Waals surface area (Å²) in [6.07, 6.45) is 4.61. The number of hydrogen-bond donors (Lipinski definition) is 2. The van der Waals surface area contributed by atoms with Gasteiger partial charge < -0.3 is 19.8 Å². The SMILES string of the molecule is COc1ccc(-c2cc(C(=O)Nc3ccc(Oc4ccnc5[nH]ccc45)c(F)c3)ncn2)cc1. The Balaban J connectivity index is 1.32. The van der Waals surface area contributed by atoms with Gasteiger partial charge in [-0.2, -0.15) is 0 Å². The highest BCUT2D eigenvalue weighted by molar-refractivity contribution is 6.03. The van der Waals surface area contributed by atoms with Crippen LogP contribution < -0.4 is 14.8 Å². The summed E-state index contributed by atoms with van der Waals surface area (Å²) in [7, 11) is 1.59. The fourth-order valence-corrected chi connectivity index (χ4v) is 3.40. The lowest BCUT2D eigenvalue weighted by atomic mass is 10.1. The summed E-state index contributed by atoms with van der Waals surface area (Å²) in [4.78, 5) is 28.1. The maximum Gasteiger partial charge on any atom is 0.274 e. The molecule has 0 atom stereocenters. The fourth-order valence-electron chi connectivity index (χ4n) is 3.40. The number of H-pyrrole nitrogens is 1. The number of nitrogens with zero attached hydrogens (tertiary/aromatic N) is 3. The lowest BCUT2D eigenvalue weighted by Crippen LogP contribution is -2.14. The van der Waals surface area contributed by atoms with E-state index in [9.17, 15) is 9.18 Å². The van der Waals surface area contributed by atoms with E-state index >= 15 is 0 Å². The molecule has 8 nitrogen and oxygen atoms in total. The molecule has 0 fully saturated rings. The molecular weight excluding hydrogens is 437 g/mol. The van der Waals surface area contributed by atoms with Gasteiger partial charge in [-0.1, -0.05) is 0 Å². The second-order valence-electron chi connectivity index (χ2n) is 7.27. The Kier molecular flexibility index (Phi) is 5.57. The number of halogens is 1. The highest BCUT2D eigenvalue weighted by Gasteiger charge is 2.14. The van der Waals surface area contributed by atoms with E-state index in [1.165, 1.54) is 18.5 Å². The van der Waals surface area contributed by atoms with Crippen molar-refractivity contribution in [3.8, 4) is 28.5 Å². The zero-order valence-electron chi connectivity index (χ0n) is 17.9. The maximum atomic E-state index is 14.7. The molecule has 1 amide bonds. The largest absolute Gasteiger partial charge is 0.497 e. The van der Waals surface area contributed by atoms with Gasteiger partial charge in [0.05, 0.1) is 18.2 Å². The minimum absolute atomic E-state index is 0.0236. The summed E-state index contributed by atoms with van der Waals surface area (Å²) < 4.78 is 25.6. The maximum absolute atomic E-state index is 14.7. The molecule has 3 heterocycles. The van der Waals surface area contributed by atoms with Crippen LogP contribution in [-0.2, 0) is 0 Å². The van der Waals surface area contributed by atoms with Crippen LogP contribution in [0.1, 0.15) is 10.5 Å². The molecule has 5 rings (SSSR count). The number of methoxy groups -OCH3 is 1. The number of fused-ring (bicyclic) bond motifs is 1. The quantitative estimate of drug-likeness (QED) is 0.364. The number of ether oxygens (including phenoxy) is 2. The number of carbonyl (C=O) groups excluding carboxylic acids is 1. The predicted molar refractivity (Wildman–Crippen MR) is 125 cm³/mol. The highest BCUT2D eigenvalue weighted by atomic mass is 19.1. The average Bonchev–Trinajstić information content (AvgIpc) is 3.36. The van der Waals surface area contributed by atoms with E-state index in [1.54, 1.807) is 55.9 Å². The number of nitrogens with one attached hydrogen (secondary N) is 2. The molecule has 0 unspecified atom stereocenters. The van der Waals surface area contributed by atoms with Crippen molar-refractivity contribution < 1.29 is 18.7 Å². The van der Waals surface area contributed by atoms with Crippen LogP contribution in [0.4, 0.5) is 10.1 Å². The minimum Gasteiger partial charge on any atom is -0.497 e. The summed E-state index contributed by atoms with van der Waals surface area (Å²) in [6.45, 7) is 0. The van der Waals surface area contributed by atoms with Crippen LogP contribution in [0, 0.1) is 5.82 Å². The van der Waals surface area contributed by atoms with Gasteiger partial charge in [-0.3, -0.25) is 4.79 Å². The number of amides is 1. The van der Waals surface area contributed by atoms with Crippen molar-refractivity contribution in [2.45, 2.75) is 0 Å². The second-order valence-corrected chi connectivity index (χ2v) is 7.27. The predicted octanol–water partition coefficient (Wildman–Crippen LogP) is 5.21. The van der Waals surface area contributed by atoms with Gasteiger partial charge >= 0.3 is 0 Å². The van der Waals surface area contributed by atoms with Gasteiger partial charge in [-0.05, 0) is 54.6 Å². The van der Waals surface area contributed by atoms with Gasteiger partial charge in [-0.15, -0.1) is 0 Å². The molecule has 0 saturated carbocycles. The van der Waals surface area contributed by atoms with E-state index in [0.717, 1.165) is 10.9 Å². The third-order valence-electron chi connectivity index (χ3n) is 5.12. The first-order valence-corrected chi connectivity index (χ1v) is 10.3. The first-order valence-electron chi connectivity index (χ1n) is 10.3. The number of benzene rings is 2. The highest BCUT2D eigenvalue weighted by Crippen LogP contribution is 2.31. The molecule has 9 heteroatoms. The smallest absolute Gasteiger partial charge is 0.274 e. The van der Waals surface area contributed by atoms with Crippen molar-refractivity contribution in [2.24, 2.45) is 0 Å². The Morgan fingerprint density at radius 2 is 1.82 bits per heavy atom. The van der Waals surface area contributed by atoms with Crippen LogP contribution in [0.5, 0.6) is 17.2 Å². The van der Waals surface area contributed by atoms with E-state index in [-0.39, 0.29) is 17.1 Å². The van der Waals surface area contributed by atoms with E-state index in [2.05, 4.69) is 25.3 Å². The number of aromatic nitrogens is 4. The van der Waals surface area contributed by atoms with E-state index < -0.39 is 11.7 Å². The fraction of sp³-hybridized carbons (Fsp3) is 0.0400. The number of anilines is 1. The molecule has 3 aromatic heterocycles. The van der Waals surface area contributed by atoms with E-state index in [0.29, 0.717) is 22.8 Å². The summed E-state index contributed by atoms with van der Waals surface area (Å²) in [6, 6.07) is 16.5. The average molecular weight is 455 g/mol. The molecule has 0 aliphatic rings. The first-order chi connectivity index (χ1) is 16.6. The summed E-state index contributed by atoms with van der Waals surface area (Å²) >= 11 is 0. The van der Waals surface area contributed by atoms with Gasteiger partial charge in [0.15, 0.2) is 11.6 Å².